The van der Waals surface area contributed by atoms with Crippen LogP contribution in [-0.2, 0) is 5.41 Å². The van der Waals surface area contributed by atoms with E-state index in [1.54, 1.807) is 6.20 Å². The highest BCUT2D eigenvalue weighted by Crippen LogP contribution is 2.49. The van der Waals surface area contributed by atoms with Gasteiger partial charge in [0.25, 0.3) is 0 Å². The fraction of sp³-hybridized carbons (Fsp3) is 0.333. The van der Waals surface area contributed by atoms with Gasteiger partial charge in [-0.15, -0.1) is 0 Å². The summed E-state index contributed by atoms with van der Waals surface area (Å²) in [7, 11) is 0. The van der Waals surface area contributed by atoms with Gasteiger partial charge in [0.1, 0.15) is 5.41 Å². The normalized spacial score (nSPS) is 17.9. The summed E-state index contributed by atoms with van der Waals surface area (Å²) in [4.78, 5) is 4.27. The molecule has 2 rings (SSSR count). The number of halogens is 2. The van der Waals surface area contributed by atoms with E-state index in [9.17, 15) is 0 Å². The Balaban J connectivity index is 2.48. The molecule has 1 aliphatic carbocycles. The van der Waals surface area contributed by atoms with E-state index in [0.717, 1.165) is 27.5 Å². The fourth-order valence-electron chi connectivity index (χ4n) is 1.29. The summed E-state index contributed by atoms with van der Waals surface area (Å²) in [6.45, 7) is 0. The van der Waals surface area contributed by atoms with Crippen LogP contribution in [0.5, 0.6) is 0 Å². The third kappa shape index (κ3) is 1.51. The van der Waals surface area contributed by atoms with Gasteiger partial charge in [0.15, 0.2) is 0 Å². The van der Waals surface area contributed by atoms with Crippen LogP contribution in [0.2, 0.25) is 0 Å². The van der Waals surface area contributed by atoms with Crippen molar-refractivity contribution in [2.75, 3.05) is 0 Å². The molecule has 1 fully saturated rings. The van der Waals surface area contributed by atoms with Crippen LogP contribution in [0.25, 0.3) is 0 Å². The lowest BCUT2D eigenvalue weighted by Crippen LogP contribution is -2.06. The number of pyridine rings is 1. The Labute approximate surface area is 93.2 Å². The van der Waals surface area contributed by atoms with Gasteiger partial charge in [0, 0.05) is 15.1 Å². The van der Waals surface area contributed by atoms with Gasteiger partial charge in [-0.05, 0) is 50.8 Å². The van der Waals surface area contributed by atoms with Crippen molar-refractivity contribution in [2.45, 2.75) is 18.3 Å². The van der Waals surface area contributed by atoms with Gasteiger partial charge >= 0.3 is 0 Å². The molecule has 0 spiro atoms. The number of hydrogen-bond acceptors (Lipinski definition) is 2. The van der Waals surface area contributed by atoms with Gasteiger partial charge in [-0.2, -0.15) is 5.26 Å². The van der Waals surface area contributed by atoms with Crippen LogP contribution in [0.3, 0.4) is 0 Å². The van der Waals surface area contributed by atoms with Crippen LogP contribution in [0, 0.1) is 11.3 Å². The standard InChI is InChI=1S/C9H6Br2N2/c10-6-3-7(11)8(13-4-6)9(5-12)1-2-9/h3-4H,1-2H2. The zero-order valence-electron chi connectivity index (χ0n) is 6.72. The largest absolute Gasteiger partial charge is 0.257 e. The highest BCUT2D eigenvalue weighted by atomic mass is 79.9. The molecule has 66 valence electrons. The first-order valence-corrected chi connectivity index (χ1v) is 5.49. The Hall–Kier alpha value is -0.400. The maximum Gasteiger partial charge on any atom is 0.101 e. The SMILES string of the molecule is N#CC1(c2ncc(Br)cc2Br)CC1. The van der Waals surface area contributed by atoms with E-state index in [4.69, 9.17) is 5.26 Å². The Morgan fingerprint density at radius 1 is 1.46 bits per heavy atom. The third-order valence-electron chi connectivity index (χ3n) is 2.23. The predicted octanol–water partition coefficient (Wildman–Crippen LogP) is 3.16. The molecule has 0 aromatic carbocycles. The van der Waals surface area contributed by atoms with Gasteiger partial charge in [-0.25, -0.2) is 0 Å². The Bertz CT molecular complexity index is 391. The number of aromatic nitrogens is 1. The van der Waals surface area contributed by atoms with Crippen molar-refractivity contribution in [3.63, 3.8) is 0 Å². The Morgan fingerprint density at radius 2 is 2.15 bits per heavy atom. The lowest BCUT2D eigenvalue weighted by atomic mass is 10.0. The number of nitrogens with zero attached hydrogens (tertiary/aromatic N) is 2. The Morgan fingerprint density at radius 3 is 2.62 bits per heavy atom. The molecule has 0 saturated heterocycles. The molecule has 0 atom stereocenters. The smallest absolute Gasteiger partial charge is 0.101 e. The first-order valence-electron chi connectivity index (χ1n) is 3.91. The van der Waals surface area contributed by atoms with E-state index >= 15 is 0 Å². The second kappa shape index (κ2) is 3.07. The highest BCUT2D eigenvalue weighted by molar-refractivity contribution is 9.11. The summed E-state index contributed by atoms with van der Waals surface area (Å²) < 4.78 is 1.85. The average Bonchev–Trinajstić information content (AvgIpc) is 2.85. The topological polar surface area (TPSA) is 36.7 Å². The summed E-state index contributed by atoms with van der Waals surface area (Å²) in [6.07, 6.45) is 3.59. The van der Waals surface area contributed by atoms with Crippen molar-refractivity contribution >= 4 is 31.9 Å². The van der Waals surface area contributed by atoms with Crippen LogP contribution in [-0.4, -0.2) is 4.98 Å². The first kappa shape index (κ1) is 9.17. The maximum atomic E-state index is 8.98. The maximum absolute atomic E-state index is 8.98. The number of nitriles is 1. The second-order valence-corrected chi connectivity index (χ2v) is 4.95. The molecule has 1 aliphatic rings. The molecule has 0 bridgehead atoms. The van der Waals surface area contributed by atoms with Crippen LogP contribution >= 0.6 is 31.9 Å². The van der Waals surface area contributed by atoms with Crippen molar-refractivity contribution in [1.82, 2.24) is 4.98 Å². The molecule has 0 amide bonds. The molecule has 0 unspecified atom stereocenters. The number of hydrogen-bond donors (Lipinski definition) is 0. The minimum atomic E-state index is -0.306. The van der Waals surface area contributed by atoms with Crippen molar-refractivity contribution < 1.29 is 0 Å². The molecule has 1 aromatic rings. The van der Waals surface area contributed by atoms with Crippen LogP contribution < -0.4 is 0 Å². The van der Waals surface area contributed by atoms with Crippen LogP contribution in [0.1, 0.15) is 18.5 Å². The van der Waals surface area contributed by atoms with E-state index < -0.39 is 0 Å². The zero-order valence-corrected chi connectivity index (χ0v) is 9.89. The summed E-state index contributed by atoms with van der Waals surface area (Å²) in [5.74, 6) is 0. The molecule has 1 aromatic heterocycles. The van der Waals surface area contributed by atoms with Gasteiger partial charge in [-0.1, -0.05) is 0 Å². The van der Waals surface area contributed by atoms with Crippen molar-refractivity contribution in [1.29, 1.82) is 5.26 Å². The summed E-state index contributed by atoms with van der Waals surface area (Å²) in [6, 6.07) is 4.25. The molecule has 0 N–H and O–H groups in total. The monoisotopic (exact) mass is 300 g/mol. The van der Waals surface area contributed by atoms with Crippen LogP contribution in [0.15, 0.2) is 21.2 Å². The molecule has 1 heterocycles. The lowest BCUT2D eigenvalue weighted by molar-refractivity contribution is 0.845. The Kier molecular flexibility index (Phi) is 2.17. The lowest BCUT2D eigenvalue weighted by Gasteiger charge is -2.07. The molecule has 2 nitrogen and oxygen atoms in total. The quantitative estimate of drug-likeness (QED) is 0.799. The van der Waals surface area contributed by atoms with Gasteiger partial charge in [0.05, 0.1) is 11.8 Å². The van der Waals surface area contributed by atoms with Crippen LogP contribution in [0.4, 0.5) is 0 Å². The summed E-state index contributed by atoms with van der Waals surface area (Å²) in [5.41, 5.74) is 0.567. The van der Waals surface area contributed by atoms with E-state index in [1.165, 1.54) is 0 Å². The molecule has 1 saturated carbocycles. The van der Waals surface area contributed by atoms with E-state index in [1.807, 2.05) is 6.07 Å². The summed E-state index contributed by atoms with van der Waals surface area (Å²) >= 11 is 6.75. The molecule has 13 heavy (non-hydrogen) atoms. The first-order chi connectivity index (χ1) is 6.18. The molecule has 0 radical (unpaired) electrons. The van der Waals surface area contributed by atoms with Gasteiger partial charge < -0.3 is 0 Å². The fourth-order valence-corrected chi connectivity index (χ4v) is 2.66. The van der Waals surface area contributed by atoms with Gasteiger partial charge in [-0.3, -0.25) is 4.98 Å². The molecule has 0 aliphatic heterocycles. The molecule has 4 heteroatoms. The van der Waals surface area contributed by atoms with Crippen molar-refractivity contribution in [3.05, 3.63) is 26.9 Å². The highest BCUT2D eigenvalue weighted by Gasteiger charge is 2.47. The zero-order chi connectivity index (χ0) is 9.47. The molecular weight excluding hydrogens is 296 g/mol. The van der Waals surface area contributed by atoms with Crippen molar-refractivity contribution in [3.8, 4) is 6.07 Å². The van der Waals surface area contributed by atoms with E-state index in [2.05, 4.69) is 42.9 Å². The minimum Gasteiger partial charge on any atom is -0.257 e. The van der Waals surface area contributed by atoms with Gasteiger partial charge in [0.2, 0.25) is 0 Å². The van der Waals surface area contributed by atoms with Crippen molar-refractivity contribution in [2.24, 2.45) is 0 Å². The summed E-state index contributed by atoms with van der Waals surface area (Å²) in [5, 5.41) is 8.98. The third-order valence-corrected chi connectivity index (χ3v) is 3.26. The number of rotatable bonds is 1. The van der Waals surface area contributed by atoms with E-state index in [0.29, 0.717) is 0 Å². The second-order valence-electron chi connectivity index (χ2n) is 3.18. The average molecular weight is 302 g/mol. The minimum absolute atomic E-state index is 0.306. The molecular formula is C9H6Br2N2. The van der Waals surface area contributed by atoms with E-state index in [-0.39, 0.29) is 5.41 Å². The predicted molar refractivity (Wildman–Crippen MR) is 56.2 cm³/mol.